The van der Waals surface area contributed by atoms with E-state index >= 15 is 0 Å². The highest BCUT2D eigenvalue weighted by Crippen LogP contribution is 2.34. The summed E-state index contributed by atoms with van der Waals surface area (Å²) in [5.41, 5.74) is 3.10. The van der Waals surface area contributed by atoms with Gasteiger partial charge in [-0.1, -0.05) is 54.1 Å². The third-order valence-electron chi connectivity index (χ3n) is 4.91. The van der Waals surface area contributed by atoms with Crippen LogP contribution in [0.15, 0.2) is 72.8 Å². The zero-order valence-corrected chi connectivity index (χ0v) is 17.3. The molecule has 0 saturated carbocycles. The van der Waals surface area contributed by atoms with Crippen LogP contribution in [0, 0.1) is 0 Å². The second kappa shape index (κ2) is 9.65. The third-order valence-corrected chi connectivity index (χ3v) is 5.21. The van der Waals surface area contributed by atoms with Gasteiger partial charge in [-0.05, 0) is 35.9 Å². The standard InChI is InChI=1S/C24H23ClN2O3/c25-21-10-5-11-22(23(21)27-12-14-29-15-13-27)26-24(28)19-8-4-9-20(16-19)30-17-18-6-2-1-3-7-18/h1-11,16H,12-15,17H2,(H,26,28). The molecule has 154 valence electrons. The van der Waals surface area contributed by atoms with Crippen LogP contribution in [0.5, 0.6) is 5.75 Å². The predicted molar refractivity (Wildman–Crippen MR) is 120 cm³/mol. The van der Waals surface area contributed by atoms with E-state index in [0.29, 0.717) is 41.8 Å². The molecular formula is C24H23ClN2O3. The monoisotopic (exact) mass is 422 g/mol. The van der Waals surface area contributed by atoms with Crippen molar-refractivity contribution in [3.05, 3.63) is 88.9 Å². The molecule has 0 aromatic heterocycles. The first-order valence-corrected chi connectivity index (χ1v) is 10.3. The summed E-state index contributed by atoms with van der Waals surface area (Å²) in [4.78, 5) is 15.1. The van der Waals surface area contributed by atoms with Crippen molar-refractivity contribution < 1.29 is 14.3 Å². The zero-order chi connectivity index (χ0) is 20.8. The smallest absolute Gasteiger partial charge is 0.255 e. The molecule has 1 aliphatic heterocycles. The number of morpholine rings is 1. The maximum atomic E-state index is 12.9. The summed E-state index contributed by atoms with van der Waals surface area (Å²) in [7, 11) is 0. The van der Waals surface area contributed by atoms with Gasteiger partial charge in [0.05, 0.1) is 29.6 Å². The molecule has 1 N–H and O–H groups in total. The molecule has 0 bridgehead atoms. The molecule has 5 nitrogen and oxygen atoms in total. The van der Waals surface area contributed by atoms with E-state index < -0.39 is 0 Å². The summed E-state index contributed by atoms with van der Waals surface area (Å²) in [6.07, 6.45) is 0. The maximum absolute atomic E-state index is 12.9. The fourth-order valence-corrected chi connectivity index (χ4v) is 3.68. The first-order chi connectivity index (χ1) is 14.7. The minimum Gasteiger partial charge on any atom is -0.489 e. The van der Waals surface area contributed by atoms with E-state index in [1.165, 1.54) is 0 Å². The van der Waals surface area contributed by atoms with E-state index in [9.17, 15) is 4.79 Å². The van der Waals surface area contributed by atoms with Gasteiger partial charge in [0, 0.05) is 18.7 Å². The van der Waals surface area contributed by atoms with Gasteiger partial charge in [0.25, 0.3) is 5.91 Å². The van der Waals surface area contributed by atoms with Crippen molar-refractivity contribution in [1.29, 1.82) is 0 Å². The number of nitrogens with one attached hydrogen (secondary N) is 1. The molecule has 0 radical (unpaired) electrons. The molecule has 1 saturated heterocycles. The Hall–Kier alpha value is -3.02. The molecule has 0 atom stereocenters. The largest absolute Gasteiger partial charge is 0.489 e. The molecule has 1 amide bonds. The van der Waals surface area contributed by atoms with E-state index in [1.54, 1.807) is 12.1 Å². The van der Waals surface area contributed by atoms with Gasteiger partial charge in [0.1, 0.15) is 12.4 Å². The third kappa shape index (κ3) is 4.93. The Kier molecular flexibility index (Phi) is 6.52. The number of para-hydroxylation sites is 1. The Morgan fingerprint density at radius 2 is 1.77 bits per heavy atom. The SMILES string of the molecule is O=C(Nc1cccc(Cl)c1N1CCOCC1)c1cccc(OCc2ccccc2)c1. The highest BCUT2D eigenvalue weighted by Gasteiger charge is 2.19. The summed E-state index contributed by atoms with van der Waals surface area (Å²) in [6, 6.07) is 22.6. The minimum atomic E-state index is -0.211. The number of benzene rings is 3. The Morgan fingerprint density at radius 1 is 1.00 bits per heavy atom. The van der Waals surface area contributed by atoms with Crippen LogP contribution in [0.1, 0.15) is 15.9 Å². The molecule has 3 aromatic rings. The average molecular weight is 423 g/mol. The number of ether oxygens (including phenoxy) is 2. The molecule has 0 aliphatic carbocycles. The highest BCUT2D eigenvalue weighted by molar-refractivity contribution is 6.34. The molecule has 0 spiro atoms. The molecule has 0 unspecified atom stereocenters. The van der Waals surface area contributed by atoms with Crippen LogP contribution >= 0.6 is 11.6 Å². The van der Waals surface area contributed by atoms with Gasteiger partial charge in [-0.2, -0.15) is 0 Å². The second-order valence-electron chi connectivity index (χ2n) is 6.99. The first kappa shape index (κ1) is 20.3. The quantitative estimate of drug-likeness (QED) is 0.606. The Labute approximate surface area is 181 Å². The fraction of sp³-hybridized carbons (Fsp3) is 0.208. The van der Waals surface area contributed by atoms with E-state index in [-0.39, 0.29) is 5.91 Å². The van der Waals surface area contributed by atoms with E-state index in [0.717, 1.165) is 24.3 Å². The molecule has 1 aliphatic rings. The number of halogens is 1. The van der Waals surface area contributed by atoms with Gasteiger partial charge in [-0.3, -0.25) is 4.79 Å². The fourth-order valence-electron chi connectivity index (χ4n) is 3.39. The summed E-state index contributed by atoms with van der Waals surface area (Å²) in [5.74, 6) is 0.433. The summed E-state index contributed by atoms with van der Waals surface area (Å²) < 4.78 is 11.3. The van der Waals surface area contributed by atoms with Crippen molar-refractivity contribution in [3.63, 3.8) is 0 Å². The molecule has 3 aromatic carbocycles. The lowest BCUT2D eigenvalue weighted by Crippen LogP contribution is -2.37. The van der Waals surface area contributed by atoms with Gasteiger partial charge >= 0.3 is 0 Å². The zero-order valence-electron chi connectivity index (χ0n) is 16.5. The predicted octanol–water partition coefficient (Wildman–Crippen LogP) is 5.01. The van der Waals surface area contributed by atoms with Crippen LogP contribution in [-0.4, -0.2) is 32.2 Å². The Balaban J connectivity index is 1.48. The van der Waals surface area contributed by atoms with Gasteiger partial charge in [0.2, 0.25) is 0 Å². The van der Waals surface area contributed by atoms with Crippen molar-refractivity contribution in [3.8, 4) is 5.75 Å². The topological polar surface area (TPSA) is 50.8 Å². The van der Waals surface area contributed by atoms with Gasteiger partial charge in [0.15, 0.2) is 0 Å². The first-order valence-electron chi connectivity index (χ1n) is 9.90. The number of carbonyl (C=O) groups is 1. The summed E-state index contributed by atoms with van der Waals surface area (Å²) in [6.45, 7) is 3.19. The van der Waals surface area contributed by atoms with Gasteiger partial charge < -0.3 is 19.7 Å². The van der Waals surface area contributed by atoms with Crippen LogP contribution in [0.3, 0.4) is 0 Å². The number of nitrogens with zero attached hydrogens (tertiary/aromatic N) is 1. The van der Waals surface area contributed by atoms with Crippen LogP contribution in [0.4, 0.5) is 11.4 Å². The van der Waals surface area contributed by atoms with Crippen molar-refractivity contribution in [2.24, 2.45) is 0 Å². The lowest BCUT2D eigenvalue weighted by Gasteiger charge is -2.31. The number of hydrogen-bond donors (Lipinski definition) is 1. The number of amides is 1. The molecule has 6 heteroatoms. The van der Waals surface area contributed by atoms with Crippen LogP contribution in [0.25, 0.3) is 0 Å². The number of hydrogen-bond acceptors (Lipinski definition) is 4. The van der Waals surface area contributed by atoms with E-state index in [1.807, 2.05) is 60.7 Å². The molecule has 1 heterocycles. The average Bonchev–Trinajstić information content (AvgIpc) is 2.79. The minimum absolute atomic E-state index is 0.211. The Bertz CT molecular complexity index is 1000. The van der Waals surface area contributed by atoms with Crippen molar-refractivity contribution in [2.75, 3.05) is 36.5 Å². The maximum Gasteiger partial charge on any atom is 0.255 e. The Morgan fingerprint density at radius 3 is 2.57 bits per heavy atom. The number of anilines is 2. The van der Waals surface area contributed by atoms with E-state index in [2.05, 4.69) is 10.2 Å². The van der Waals surface area contributed by atoms with Crippen molar-refractivity contribution >= 4 is 28.9 Å². The normalized spacial score (nSPS) is 13.7. The summed E-state index contributed by atoms with van der Waals surface area (Å²) in [5, 5.41) is 3.61. The lowest BCUT2D eigenvalue weighted by molar-refractivity contribution is 0.102. The molecule has 4 rings (SSSR count). The number of rotatable bonds is 6. The van der Waals surface area contributed by atoms with Crippen LogP contribution < -0.4 is 15.0 Å². The molecule has 1 fully saturated rings. The molecule has 30 heavy (non-hydrogen) atoms. The second-order valence-corrected chi connectivity index (χ2v) is 7.40. The van der Waals surface area contributed by atoms with Gasteiger partial charge in [-0.15, -0.1) is 0 Å². The lowest BCUT2D eigenvalue weighted by atomic mass is 10.1. The number of carbonyl (C=O) groups excluding carboxylic acids is 1. The highest BCUT2D eigenvalue weighted by atomic mass is 35.5. The molecular weight excluding hydrogens is 400 g/mol. The van der Waals surface area contributed by atoms with Crippen LogP contribution in [-0.2, 0) is 11.3 Å². The van der Waals surface area contributed by atoms with E-state index in [4.69, 9.17) is 21.1 Å². The van der Waals surface area contributed by atoms with Crippen LogP contribution in [0.2, 0.25) is 5.02 Å². The van der Waals surface area contributed by atoms with Gasteiger partial charge in [-0.25, -0.2) is 0 Å². The summed E-state index contributed by atoms with van der Waals surface area (Å²) >= 11 is 6.46. The van der Waals surface area contributed by atoms with Crippen molar-refractivity contribution in [1.82, 2.24) is 0 Å². The van der Waals surface area contributed by atoms with Crippen molar-refractivity contribution in [2.45, 2.75) is 6.61 Å².